The predicted molar refractivity (Wildman–Crippen MR) is 104 cm³/mol. The van der Waals surface area contributed by atoms with E-state index in [1.165, 1.54) is 0 Å². The Hall–Kier alpha value is -3.36. The summed E-state index contributed by atoms with van der Waals surface area (Å²) in [6, 6.07) is 18.7. The maximum Gasteiger partial charge on any atom is 0.339 e. The molecule has 0 radical (unpaired) electrons. The van der Waals surface area contributed by atoms with E-state index in [-0.39, 0.29) is 17.7 Å². The standard InChI is InChI=1S/C21H14ClN3O2/c1-2-27-21(26)15-11-19(13-7-9-14(22)10-8-13)25-18-6-4-3-5-17(18)24-20(25)16(15)12-23/h3-11H,2H2,1H3. The van der Waals surface area contributed by atoms with Gasteiger partial charge in [0.05, 0.1) is 28.9 Å². The summed E-state index contributed by atoms with van der Waals surface area (Å²) in [7, 11) is 0. The van der Waals surface area contributed by atoms with Crippen LogP contribution < -0.4 is 0 Å². The number of benzene rings is 2. The van der Waals surface area contributed by atoms with Gasteiger partial charge in [-0.1, -0.05) is 35.9 Å². The van der Waals surface area contributed by atoms with Crippen molar-refractivity contribution in [3.63, 3.8) is 0 Å². The Morgan fingerprint density at radius 2 is 1.96 bits per heavy atom. The van der Waals surface area contributed by atoms with Crippen molar-refractivity contribution in [2.75, 3.05) is 6.61 Å². The zero-order valence-electron chi connectivity index (χ0n) is 14.4. The average molecular weight is 376 g/mol. The van der Waals surface area contributed by atoms with E-state index in [1.807, 2.05) is 40.8 Å². The lowest BCUT2D eigenvalue weighted by molar-refractivity contribution is 0.0526. The minimum atomic E-state index is -0.543. The van der Waals surface area contributed by atoms with Crippen molar-refractivity contribution in [3.8, 4) is 17.3 Å². The maximum atomic E-state index is 12.5. The maximum absolute atomic E-state index is 12.5. The lowest BCUT2D eigenvalue weighted by atomic mass is 10.0. The first kappa shape index (κ1) is 17.1. The molecular formula is C21H14ClN3O2. The Bertz CT molecular complexity index is 1220. The molecule has 0 aliphatic rings. The van der Waals surface area contributed by atoms with Gasteiger partial charge in [0.1, 0.15) is 11.6 Å². The first-order valence-electron chi connectivity index (χ1n) is 8.41. The third-order valence-corrected chi connectivity index (χ3v) is 4.57. The second-order valence-electron chi connectivity index (χ2n) is 5.92. The zero-order valence-corrected chi connectivity index (χ0v) is 15.2. The van der Waals surface area contributed by atoms with Crippen molar-refractivity contribution in [1.29, 1.82) is 5.26 Å². The molecule has 27 heavy (non-hydrogen) atoms. The summed E-state index contributed by atoms with van der Waals surface area (Å²) in [5.74, 6) is -0.543. The van der Waals surface area contributed by atoms with Gasteiger partial charge in [0.25, 0.3) is 0 Å². The first-order chi connectivity index (χ1) is 13.1. The van der Waals surface area contributed by atoms with E-state index < -0.39 is 5.97 Å². The minimum Gasteiger partial charge on any atom is -0.462 e. The summed E-state index contributed by atoms with van der Waals surface area (Å²) >= 11 is 6.03. The number of ether oxygens (including phenoxy) is 1. The minimum absolute atomic E-state index is 0.197. The predicted octanol–water partition coefficient (Wildman–Crippen LogP) is 4.86. The molecule has 0 atom stereocenters. The quantitative estimate of drug-likeness (QED) is 0.480. The third kappa shape index (κ3) is 2.80. The molecule has 0 saturated carbocycles. The highest BCUT2D eigenvalue weighted by atomic mass is 35.5. The van der Waals surface area contributed by atoms with Gasteiger partial charge in [0.15, 0.2) is 5.65 Å². The SMILES string of the molecule is CCOC(=O)c1cc(-c2ccc(Cl)cc2)n2c(nc3ccccc32)c1C#N. The van der Waals surface area contributed by atoms with E-state index in [0.717, 1.165) is 22.3 Å². The molecule has 5 nitrogen and oxygen atoms in total. The Balaban J connectivity index is 2.15. The van der Waals surface area contributed by atoms with E-state index in [2.05, 4.69) is 11.1 Å². The molecule has 2 aromatic heterocycles. The van der Waals surface area contributed by atoms with Crippen molar-refractivity contribution < 1.29 is 9.53 Å². The highest BCUT2D eigenvalue weighted by molar-refractivity contribution is 6.30. The van der Waals surface area contributed by atoms with Crippen LogP contribution in [-0.4, -0.2) is 22.0 Å². The molecule has 0 fully saturated rings. The summed E-state index contributed by atoms with van der Waals surface area (Å²) < 4.78 is 7.04. The average Bonchev–Trinajstić information content (AvgIpc) is 3.07. The fourth-order valence-electron chi connectivity index (χ4n) is 3.14. The number of carbonyl (C=O) groups excluding carboxylic acids is 1. The molecule has 0 aliphatic carbocycles. The molecule has 2 aromatic carbocycles. The molecule has 0 saturated heterocycles. The number of pyridine rings is 1. The lowest BCUT2D eigenvalue weighted by Gasteiger charge is -2.12. The van der Waals surface area contributed by atoms with Crippen LogP contribution in [0.4, 0.5) is 0 Å². The molecular weight excluding hydrogens is 362 g/mol. The molecule has 4 rings (SSSR count). The first-order valence-corrected chi connectivity index (χ1v) is 8.79. The van der Waals surface area contributed by atoms with Crippen molar-refractivity contribution in [1.82, 2.24) is 9.38 Å². The normalized spacial score (nSPS) is 10.9. The van der Waals surface area contributed by atoms with Gasteiger partial charge in [0, 0.05) is 5.02 Å². The highest BCUT2D eigenvalue weighted by Crippen LogP contribution is 2.31. The molecule has 4 aromatic rings. The van der Waals surface area contributed by atoms with Gasteiger partial charge in [-0.3, -0.25) is 4.40 Å². The summed E-state index contributed by atoms with van der Waals surface area (Å²) in [5, 5.41) is 10.3. The van der Waals surface area contributed by atoms with Crippen LogP contribution >= 0.6 is 11.6 Å². The molecule has 0 aliphatic heterocycles. The molecule has 132 valence electrons. The van der Waals surface area contributed by atoms with Gasteiger partial charge >= 0.3 is 5.97 Å². The van der Waals surface area contributed by atoms with Gasteiger partial charge in [-0.15, -0.1) is 0 Å². The topological polar surface area (TPSA) is 67.4 Å². The van der Waals surface area contributed by atoms with Gasteiger partial charge < -0.3 is 4.74 Å². The number of para-hydroxylation sites is 2. The van der Waals surface area contributed by atoms with Crippen LogP contribution in [0.15, 0.2) is 54.6 Å². The smallest absolute Gasteiger partial charge is 0.339 e. The number of fused-ring (bicyclic) bond motifs is 3. The van der Waals surface area contributed by atoms with Crippen molar-refractivity contribution in [2.45, 2.75) is 6.92 Å². The lowest BCUT2D eigenvalue weighted by Crippen LogP contribution is -2.10. The van der Waals surface area contributed by atoms with Crippen LogP contribution in [0.5, 0.6) is 0 Å². The Labute approximate surface area is 160 Å². The largest absolute Gasteiger partial charge is 0.462 e. The van der Waals surface area contributed by atoms with Crippen LogP contribution in [0.3, 0.4) is 0 Å². The summed E-state index contributed by atoms with van der Waals surface area (Å²) in [6.07, 6.45) is 0. The molecule has 0 bridgehead atoms. The Morgan fingerprint density at radius 3 is 2.67 bits per heavy atom. The number of halogens is 1. The Kier molecular flexibility index (Phi) is 4.27. The van der Waals surface area contributed by atoms with E-state index in [9.17, 15) is 10.1 Å². The zero-order chi connectivity index (χ0) is 19.0. The van der Waals surface area contributed by atoms with Crippen molar-refractivity contribution >= 4 is 34.3 Å². The Morgan fingerprint density at radius 1 is 1.22 bits per heavy atom. The van der Waals surface area contributed by atoms with Crippen LogP contribution in [0.25, 0.3) is 27.9 Å². The number of imidazole rings is 1. The monoisotopic (exact) mass is 375 g/mol. The van der Waals surface area contributed by atoms with Crippen LogP contribution in [0.2, 0.25) is 5.02 Å². The van der Waals surface area contributed by atoms with Gasteiger partial charge in [0.2, 0.25) is 0 Å². The second-order valence-corrected chi connectivity index (χ2v) is 6.35. The van der Waals surface area contributed by atoms with Gasteiger partial charge in [-0.05, 0) is 42.8 Å². The van der Waals surface area contributed by atoms with Gasteiger partial charge in [-0.25, -0.2) is 9.78 Å². The van der Waals surface area contributed by atoms with Crippen LogP contribution in [0.1, 0.15) is 22.8 Å². The van der Waals surface area contributed by atoms with Crippen molar-refractivity contribution in [2.24, 2.45) is 0 Å². The number of rotatable bonds is 3. The number of hydrogen-bond donors (Lipinski definition) is 0. The molecule has 2 heterocycles. The molecule has 6 heteroatoms. The number of nitriles is 1. The van der Waals surface area contributed by atoms with E-state index in [0.29, 0.717) is 10.7 Å². The molecule has 0 spiro atoms. The number of carbonyl (C=O) groups is 1. The number of esters is 1. The van der Waals surface area contributed by atoms with Crippen LogP contribution in [-0.2, 0) is 4.74 Å². The van der Waals surface area contributed by atoms with Crippen LogP contribution in [0, 0.1) is 11.3 Å². The fourth-order valence-corrected chi connectivity index (χ4v) is 3.27. The number of aromatic nitrogens is 2. The highest BCUT2D eigenvalue weighted by Gasteiger charge is 2.22. The summed E-state index contributed by atoms with van der Waals surface area (Å²) in [6.45, 7) is 1.95. The van der Waals surface area contributed by atoms with E-state index in [1.54, 1.807) is 25.1 Å². The van der Waals surface area contributed by atoms with Crippen molar-refractivity contribution in [3.05, 3.63) is 70.7 Å². The molecule has 0 unspecified atom stereocenters. The summed E-state index contributed by atoms with van der Waals surface area (Å²) in [5.41, 5.74) is 4.00. The van der Waals surface area contributed by atoms with Gasteiger partial charge in [-0.2, -0.15) is 5.26 Å². The number of nitrogens with zero attached hydrogens (tertiary/aromatic N) is 3. The van der Waals surface area contributed by atoms with E-state index >= 15 is 0 Å². The third-order valence-electron chi connectivity index (χ3n) is 4.32. The fraction of sp³-hybridized carbons (Fsp3) is 0.0952. The second kappa shape index (κ2) is 6.75. The number of hydrogen-bond acceptors (Lipinski definition) is 4. The molecule has 0 amide bonds. The molecule has 0 N–H and O–H groups in total. The van der Waals surface area contributed by atoms with E-state index in [4.69, 9.17) is 16.3 Å². The summed E-state index contributed by atoms with van der Waals surface area (Å²) in [4.78, 5) is 17.1.